The largest absolute Gasteiger partial charge is 0.460 e. The number of carbonyl (C=O) groups excluding carboxylic acids is 2. The van der Waals surface area contributed by atoms with Crippen molar-refractivity contribution >= 4 is 17.8 Å². The van der Waals surface area contributed by atoms with Crippen molar-refractivity contribution < 1.29 is 18.7 Å². The lowest BCUT2D eigenvalue weighted by molar-refractivity contribution is -0.141. The molecule has 0 spiro atoms. The van der Waals surface area contributed by atoms with E-state index in [2.05, 4.69) is 6.92 Å². The smallest absolute Gasteiger partial charge is 0.331 e. The number of furan rings is 1. The number of ether oxygens (including phenoxy) is 1. The second kappa shape index (κ2) is 13.4. The van der Waals surface area contributed by atoms with Crippen molar-refractivity contribution in [2.75, 3.05) is 0 Å². The van der Waals surface area contributed by atoms with E-state index < -0.39 is 5.97 Å². The molecule has 0 aliphatic carbocycles. The van der Waals surface area contributed by atoms with Crippen molar-refractivity contribution in [2.24, 2.45) is 0 Å². The maximum absolute atomic E-state index is 12.1. The highest BCUT2D eigenvalue weighted by Gasteiger charge is 2.10. The molecule has 4 nitrogen and oxygen atoms in total. The van der Waals surface area contributed by atoms with Crippen molar-refractivity contribution in [1.29, 1.82) is 0 Å². The number of hydrogen-bond acceptors (Lipinski definition) is 4. The fourth-order valence-corrected chi connectivity index (χ4v) is 2.73. The lowest BCUT2D eigenvalue weighted by Crippen LogP contribution is -2.08. The van der Waals surface area contributed by atoms with Gasteiger partial charge in [0.05, 0.1) is 6.10 Å². The molecule has 0 atom stereocenters. The van der Waals surface area contributed by atoms with E-state index in [0.29, 0.717) is 17.9 Å². The molecule has 1 aromatic rings. The topological polar surface area (TPSA) is 56.5 Å². The molecule has 0 unspecified atom stereocenters. The van der Waals surface area contributed by atoms with Gasteiger partial charge >= 0.3 is 5.97 Å². The van der Waals surface area contributed by atoms with Crippen LogP contribution >= 0.6 is 0 Å². The Morgan fingerprint density at radius 2 is 1.62 bits per heavy atom. The van der Waals surface area contributed by atoms with Gasteiger partial charge in [-0.1, -0.05) is 58.3 Å². The Hall–Kier alpha value is -1.84. The number of ketones is 1. The fraction of sp³-hybridized carbons (Fsp3) is 0.636. The molecule has 1 aromatic heterocycles. The summed E-state index contributed by atoms with van der Waals surface area (Å²) in [7, 11) is 0. The van der Waals surface area contributed by atoms with Gasteiger partial charge in [0.2, 0.25) is 0 Å². The van der Waals surface area contributed by atoms with Gasteiger partial charge in [0.1, 0.15) is 5.76 Å². The summed E-state index contributed by atoms with van der Waals surface area (Å²) < 4.78 is 10.5. The Morgan fingerprint density at radius 3 is 2.23 bits per heavy atom. The third-order valence-corrected chi connectivity index (χ3v) is 4.14. The Kier molecular flexibility index (Phi) is 11.4. The van der Waals surface area contributed by atoms with E-state index in [1.807, 2.05) is 0 Å². The Labute approximate surface area is 158 Å². The first kappa shape index (κ1) is 22.2. The summed E-state index contributed by atoms with van der Waals surface area (Å²) in [6.45, 7) is 5.82. The van der Waals surface area contributed by atoms with Crippen LogP contribution in [0, 0.1) is 0 Å². The predicted molar refractivity (Wildman–Crippen MR) is 105 cm³/mol. The molecule has 0 aliphatic heterocycles. The van der Waals surface area contributed by atoms with Crippen LogP contribution in [0.2, 0.25) is 0 Å². The maximum Gasteiger partial charge on any atom is 0.331 e. The van der Waals surface area contributed by atoms with E-state index in [-0.39, 0.29) is 11.9 Å². The number of rotatable bonds is 14. The van der Waals surface area contributed by atoms with E-state index in [1.54, 1.807) is 26.0 Å². The first-order valence-electron chi connectivity index (χ1n) is 10.0. The molecule has 0 bridgehead atoms. The number of carbonyl (C=O) groups is 2. The molecule has 1 rings (SSSR count). The van der Waals surface area contributed by atoms with Crippen LogP contribution in [0.25, 0.3) is 6.08 Å². The van der Waals surface area contributed by atoms with Gasteiger partial charge in [0, 0.05) is 12.5 Å². The van der Waals surface area contributed by atoms with E-state index in [1.165, 1.54) is 57.1 Å². The van der Waals surface area contributed by atoms with Gasteiger partial charge in [0.15, 0.2) is 11.5 Å². The lowest BCUT2D eigenvalue weighted by Gasteiger charge is -2.03. The molecule has 0 saturated carbocycles. The molecule has 0 N–H and O–H groups in total. The molecule has 0 radical (unpaired) electrons. The van der Waals surface area contributed by atoms with Crippen molar-refractivity contribution in [3.05, 3.63) is 29.7 Å². The minimum Gasteiger partial charge on any atom is -0.460 e. The van der Waals surface area contributed by atoms with Gasteiger partial charge in [-0.15, -0.1) is 0 Å². The van der Waals surface area contributed by atoms with Gasteiger partial charge in [-0.3, -0.25) is 4.79 Å². The zero-order valence-corrected chi connectivity index (χ0v) is 16.6. The van der Waals surface area contributed by atoms with E-state index >= 15 is 0 Å². The summed E-state index contributed by atoms with van der Waals surface area (Å²) in [6, 6.07) is 3.37. The van der Waals surface area contributed by atoms with Crippen LogP contribution in [0.15, 0.2) is 22.6 Å². The zero-order valence-electron chi connectivity index (χ0n) is 16.6. The van der Waals surface area contributed by atoms with Crippen molar-refractivity contribution in [3.8, 4) is 0 Å². The quantitative estimate of drug-likeness (QED) is 0.167. The number of unbranched alkanes of at least 4 members (excludes halogenated alkanes) is 8. The predicted octanol–water partition coefficient (Wildman–Crippen LogP) is 6.35. The lowest BCUT2D eigenvalue weighted by atomic mass is 10.1. The summed E-state index contributed by atoms with van der Waals surface area (Å²) >= 11 is 0. The van der Waals surface area contributed by atoms with Crippen LogP contribution in [0.3, 0.4) is 0 Å². The first-order valence-corrected chi connectivity index (χ1v) is 10.0. The number of hydrogen-bond donors (Lipinski definition) is 0. The highest BCUT2D eigenvalue weighted by Crippen LogP contribution is 2.15. The number of esters is 1. The minimum atomic E-state index is -0.418. The fourth-order valence-electron chi connectivity index (χ4n) is 2.73. The van der Waals surface area contributed by atoms with Crippen LogP contribution in [0.4, 0.5) is 0 Å². The highest BCUT2D eigenvalue weighted by atomic mass is 16.5. The van der Waals surface area contributed by atoms with Gasteiger partial charge in [-0.25, -0.2) is 4.79 Å². The molecule has 0 saturated heterocycles. The molecule has 1 heterocycles. The van der Waals surface area contributed by atoms with Crippen molar-refractivity contribution in [1.82, 2.24) is 0 Å². The molecule has 146 valence electrons. The molecule has 0 aliphatic rings. The normalized spacial score (nSPS) is 11.4. The SMILES string of the molecule is CCCCCCCCCCCC(=O)c1ccc(/C=C/C(=O)OC(C)C)o1. The third kappa shape index (κ3) is 10.2. The average molecular weight is 363 g/mol. The molecular formula is C22H34O4. The van der Waals surface area contributed by atoms with Crippen molar-refractivity contribution in [3.63, 3.8) is 0 Å². The summed E-state index contributed by atoms with van der Waals surface area (Å²) in [6.07, 6.45) is 14.3. The molecular weight excluding hydrogens is 328 g/mol. The minimum absolute atomic E-state index is 0.0253. The zero-order chi connectivity index (χ0) is 19.2. The van der Waals surface area contributed by atoms with Gasteiger partial charge in [-0.2, -0.15) is 0 Å². The van der Waals surface area contributed by atoms with Crippen LogP contribution in [0.5, 0.6) is 0 Å². The highest BCUT2D eigenvalue weighted by molar-refractivity contribution is 5.93. The van der Waals surface area contributed by atoms with Gasteiger partial charge < -0.3 is 9.15 Å². The second-order valence-electron chi connectivity index (χ2n) is 7.02. The van der Waals surface area contributed by atoms with E-state index in [0.717, 1.165) is 12.8 Å². The van der Waals surface area contributed by atoms with Gasteiger partial charge in [0.25, 0.3) is 0 Å². The van der Waals surface area contributed by atoms with Crippen molar-refractivity contribution in [2.45, 2.75) is 91.1 Å². The van der Waals surface area contributed by atoms with Crippen LogP contribution in [0.1, 0.15) is 101 Å². The van der Waals surface area contributed by atoms with E-state index in [4.69, 9.17) is 9.15 Å². The van der Waals surface area contributed by atoms with E-state index in [9.17, 15) is 9.59 Å². The molecule has 0 aromatic carbocycles. The maximum atomic E-state index is 12.1. The molecule has 4 heteroatoms. The van der Waals surface area contributed by atoms with Crippen LogP contribution in [-0.2, 0) is 9.53 Å². The second-order valence-corrected chi connectivity index (χ2v) is 7.02. The summed E-state index contributed by atoms with van der Waals surface area (Å²) in [5, 5.41) is 0. The first-order chi connectivity index (χ1) is 12.5. The Balaban J connectivity index is 2.20. The Bertz CT molecular complexity index is 554. The standard InChI is InChI=1S/C22H34O4/c1-4-5-6-7-8-9-10-11-12-13-20(23)21-16-14-19(26-21)15-17-22(24)25-18(2)3/h14-18H,4-13H2,1-3H3/b17-15+. The van der Waals surface area contributed by atoms with Crippen LogP contribution < -0.4 is 0 Å². The average Bonchev–Trinajstić information content (AvgIpc) is 3.07. The molecule has 0 fully saturated rings. The summed E-state index contributed by atoms with van der Waals surface area (Å²) in [5.41, 5.74) is 0. The van der Waals surface area contributed by atoms with Gasteiger partial charge in [-0.05, 0) is 38.5 Å². The summed E-state index contributed by atoms with van der Waals surface area (Å²) in [5.74, 6) is 0.457. The third-order valence-electron chi connectivity index (χ3n) is 4.14. The van der Waals surface area contributed by atoms with Crippen LogP contribution in [-0.4, -0.2) is 17.9 Å². The molecule has 0 amide bonds. The monoisotopic (exact) mass is 362 g/mol. The summed E-state index contributed by atoms with van der Waals surface area (Å²) in [4.78, 5) is 23.6. The molecule has 26 heavy (non-hydrogen) atoms. The number of Topliss-reactive ketones (excluding diaryl/α,β-unsaturated/α-hetero) is 1. The Morgan fingerprint density at radius 1 is 1.00 bits per heavy atom.